The van der Waals surface area contributed by atoms with E-state index < -0.39 is 6.04 Å². The molecule has 204 valence electrons. The van der Waals surface area contributed by atoms with Crippen molar-refractivity contribution in [2.24, 2.45) is 0 Å². The fraction of sp³-hybridized carbons (Fsp3) is 0.188. The highest BCUT2D eigenvalue weighted by molar-refractivity contribution is 5.86. The Balaban J connectivity index is 1.57. The molecule has 0 heterocycles. The minimum absolute atomic E-state index is 0.251. The Morgan fingerprint density at radius 1 is 0.775 bits per heavy atom. The lowest BCUT2D eigenvalue weighted by molar-refractivity contribution is -0.122. The molecule has 40 heavy (non-hydrogen) atoms. The number of hydrogen-bond donors (Lipinski definition) is 2. The normalized spacial score (nSPS) is 11.1. The number of nitrogens with one attached hydrogen (secondary N) is 2. The minimum atomic E-state index is -0.759. The first-order chi connectivity index (χ1) is 19.5. The Kier molecular flexibility index (Phi) is 9.46. The second-order valence-corrected chi connectivity index (χ2v) is 8.86. The molecule has 0 unspecified atom stereocenters. The maximum atomic E-state index is 13.6. The van der Waals surface area contributed by atoms with Gasteiger partial charge in [0.05, 0.1) is 33.0 Å². The second kappa shape index (κ2) is 13.6. The average Bonchev–Trinajstić information content (AvgIpc) is 3.02. The van der Waals surface area contributed by atoms with Crippen molar-refractivity contribution < 1.29 is 23.7 Å². The molecule has 1 atom stereocenters. The number of amides is 1. The van der Waals surface area contributed by atoms with E-state index >= 15 is 0 Å². The monoisotopic (exact) mass is 537 g/mol. The van der Waals surface area contributed by atoms with E-state index in [1.165, 1.54) is 0 Å². The number of hydrogen-bond acceptors (Lipinski definition) is 7. The van der Waals surface area contributed by atoms with Crippen LogP contribution >= 0.6 is 0 Å². The van der Waals surface area contributed by atoms with Gasteiger partial charge in [0.25, 0.3) is 0 Å². The summed E-state index contributed by atoms with van der Waals surface area (Å²) in [4.78, 5) is 13.6. The van der Waals surface area contributed by atoms with Gasteiger partial charge in [-0.05, 0) is 65.2 Å². The second-order valence-electron chi connectivity index (χ2n) is 8.86. The van der Waals surface area contributed by atoms with Gasteiger partial charge >= 0.3 is 0 Å². The van der Waals surface area contributed by atoms with Crippen molar-refractivity contribution in [2.75, 3.05) is 26.6 Å². The van der Waals surface area contributed by atoms with Crippen LogP contribution in [0.3, 0.4) is 0 Å². The van der Waals surface area contributed by atoms with Gasteiger partial charge in [-0.3, -0.25) is 4.79 Å². The Morgan fingerprint density at radius 2 is 1.45 bits per heavy atom. The molecule has 0 bridgehead atoms. The van der Waals surface area contributed by atoms with Crippen LogP contribution in [0.25, 0.3) is 0 Å². The molecule has 4 aromatic carbocycles. The molecule has 4 aromatic rings. The van der Waals surface area contributed by atoms with Gasteiger partial charge in [-0.25, -0.2) is 0 Å². The van der Waals surface area contributed by atoms with Crippen molar-refractivity contribution in [1.29, 1.82) is 5.26 Å². The quantitative estimate of drug-likeness (QED) is 0.241. The molecular formula is C32H31N3O5. The molecule has 4 rings (SSSR count). The molecule has 0 aliphatic carbocycles. The molecule has 0 saturated heterocycles. The van der Waals surface area contributed by atoms with Gasteiger partial charge in [-0.2, -0.15) is 5.26 Å². The first-order valence-corrected chi connectivity index (χ1v) is 12.6. The summed E-state index contributed by atoms with van der Waals surface area (Å²) < 4.78 is 22.3. The van der Waals surface area contributed by atoms with Gasteiger partial charge in [-0.1, -0.05) is 42.5 Å². The van der Waals surface area contributed by atoms with Crippen molar-refractivity contribution in [3.63, 3.8) is 0 Å². The lowest BCUT2D eigenvalue weighted by atomic mass is 10.0. The summed E-state index contributed by atoms with van der Waals surface area (Å²) in [5, 5.41) is 15.4. The predicted octanol–water partition coefficient (Wildman–Crippen LogP) is 5.63. The largest absolute Gasteiger partial charge is 0.493 e. The third kappa shape index (κ3) is 7.03. The zero-order chi connectivity index (χ0) is 28.3. The SMILES string of the molecule is COc1ccc(CNC(=O)[C@@H](Nc2ccc(C#N)cc2)c2ccc(OCc3ccccc3)c(OC)c2)cc1OC. The minimum Gasteiger partial charge on any atom is -0.493 e. The number of carbonyl (C=O) groups excluding carboxylic acids is 1. The number of benzene rings is 4. The fourth-order valence-corrected chi connectivity index (χ4v) is 4.11. The van der Waals surface area contributed by atoms with Crippen LogP contribution in [0.1, 0.15) is 28.3 Å². The van der Waals surface area contributed by atoms with Crippen LogP contribution in [-0.2, 0) is 17.9 Å². The Bertz CT molecular complexity index is 1470. The zero-order valence-corrected chi connectivity index (χ0v) is 22.6. The van der Waals surface area contributed by atoms with Gasteiger partial charge in [0, 0.05) is 12.2 Å². The number of anilines is 1. The molecule has 0 aliphatic heterocycles. The molecule has 0 aliphatic rings. The van der Waals surface area contributed by atoms with E-state index in [2.05, 4.69) is 16.7 Å². The van der Waals surface area contributed by atoms with Gasteiger partial charge in [0.1, 0.15) is 12.6 Å². The summed E-state index contributed by atoms with van der Waals surface area (Å²) in [5.41, 5.74) is 3.78. The van der Waals surface area contributed by atoms with Gasteiger partial charge in [0.2, 0.25) is 5.91 Å². The van der Waals surface area contributed by atoms with Crippen LogP contribution in [0, 0.1) is 11.3 Å². The summed E-state index contributed by atoms with van der Waals surface area (Å²) >= 11 is 0. The third-order valence-corrected chi connectivity index (χ3v) is 6.26. The standard InChI is InChI=1S/C32H31N3O5/c1-37-27-15-11-24(17-29(27)38-2)20-34-32(36)31(35-26-13-9-22(19-33)10-14-26)25-12-16-28(30(18-25)39-3)40-21-23-7-5-4-6-8-23/h4-18,31,35H,20-21H2,1-3H3,(H,34,36)/t31-/m0/s1. The third-order valence-electron chi connectivity index (χ3n) is 6.26. The first kappa shape index (κ1) is 27.9. The van der Waals surface area contributed by atoms with E-state index in [-0.39, 0.29) is 12.5 Å². The van der Waals surface area contributed by atoms with E-state index in [0.29, 0.717) is 46.4 Å². The molecule has 0 aromatic heterocycles. The molecular weight excluding hydrogens is 506 g/mol. The van der Waals surface area contributed by atoms with Crippen molar-refractivity contribution in [3.05, 3.63) is 113 Å². The van der Waals surface area contributed by atoms with Crippen LogP contribution < -0.4 is 29.6 Å². The van der Waals surface area contributed by atoms with Gasteiger partial charge in [0.15, 0.2) is 23.0 Å². The van der Waals surface area contributed by atoms with Crippen LogP contribution in [0.5, 0.6) is 23.0 Å². The fourth-order valence-electron chi connectivity index (χ4n) is 4.11. The van der Waals surface area contributed by atoms with E-state index in [1.807, 2.05) is 48.5 Å². The molecule has 0 fully saturated rings. The van der Waals surface area contributed by atoms with Crippen molar-refractivity contribution >= 4 is 11.6 Å². The summed E-state index contributed by atoms with van der Waals surface area (Å²) in [6.45, 7) is 0.662. The number of methoxy groups -OCH3 is 3. The van der Waals surface area contributed by atoms with E-state index in [0.717, 1.165) is 11.1 Å². The van der Waals surface area contributed by atoms with Crippen LogP contribution in [-0.4, -0.2) is 27.2 Å². The highest BCUT2D eigenvalue weighted by Crippen LogP contribution is 2.33. The smallest absolute Gasteiger partial charge is 0.247 e. The van der Waals surface area contributed by atoms with Crippen molar-refractivity contribution in [3.8, 4) is 29.1 Å². The number of rotatable bonds is 12. The van der Waals surface area contributed by atoms with Crippen LogP contribution in [0.2, 0.25) is 0 Å². The van der Waals surface area contributed by atoms with E-state index in [1.54, 1.807) is 63.8 Å². The lowest BCUT2D eigenvalue weighted by Gasteiger charge is -2.22. The average molecular weight is 538 g/mol. The van der Waals surface area contributed by atoms with E-state index in [9.17, 15) is 4.79 Å². The van der Waals surface area contributed by atoms with E-state index in [4.69, 9.17) is 24.2 Å². The molecule has 0 radical (unpaired) electrons. The first-order valence-electron chi connectivity index (χ1n) is 12.6. The molecule has 8 heteroatoms. The van der Waals surface area contributed by atoms with Crippen molar-refractivity contribution in [1.82, 2.24) is 5.32 Å². The molecule has 0 spiro atoms. The summed E-state index contributed by atoms with van der Waals surface area (Å²) in [6, 6.07) is 29.0. The zero-order valence-electron chi connectivity index (χ0n) is 22.6. The molecule has 1 amide bonds. The molecule has 2 N–H and O–H groups in total. The van der Waals surface area contributed by atoms with Gasteiger partial charge in [-0.15, -0.1) is 0 Å². The summed E-state index contributed by atoms with van der Waals surface area (Å²) in [7, 11) is 4.71. The Labute approximate surface area is 234 Å². The molecule has 8 nitrogen and oxygen atoms in total. The van der Waals surface area contributed by atoms with Crippen molar-refractivity contribution in [2.45, 2.75) is 19.2 Å². The highest BCUT2D eigenvalue weighted by atomic mass is 16.5. The Morgan fingerprint density at radius 3 is 2.12 bits per heavy atom. The highest BCUT2D eigenvalue weighted by Gasteiger charge is 2.23. The van der Waals surface area contributed by atoms with Gasteiger partial charge < -0.3 is 29.6 Å². The summed E-state index contributed by atoms with van der Waals surface area (Å²) in [6.07, 6.45) is 0. The number of ether oxygens (including phenoxy) is 4. The lowest BCUT2D eigenvalue weighted by Crippen LogP contribution is -2.33. The number of nitriles is 1. The van der Waals surface area contributed by atoms with Crippen LogP contribution in [0.4, 0.5) is 5.69 Å². The number of nitrogens with zero attached hydrogens (tertiary/aromatic N) is 1. The maximum absolute atomic E-state index is 13.6. The van der Waals surface area contributed by atoms with Crippen LogP contribution in [0.15, 0.2) is 91.0 Å². The Hall–Kier alpha value is -5.16. The topological polar surface area (TPSA) is 102 Å². The number of carbonyl (C=O) groups is 1. The maximum Gasteiger partial charge on any atom is 0.247 e. The molecule has 0 saturated carbocycles. The summed E-state index contributed by atoms with van der Waals surface area (Å²) in [5.74, 6) is 2.02. The predicted molar refractivity (Wildman–Crippen MR) is 153 cm³/mol.